The van der Waals surface area contributed by atoms with Crippen LogP contribution in [0.2, 0.25) is 10.0 Å². The van der Waals surface area contributed by atoms with E-state index in [0.717, 1.165) is 11.3 Å². The van der Waals surface area contributed by atoms with Crippen molar-refractivity contribution in [1.82, 2.24) is 0 Å². The Labute approximate surface area is 198 Å². The Balaban J connectivity index is 1.81. The molecule has 0 fully saturated rings. The highest BCUT2D eigenvalue weighted by Gasteiger charge is 2.45. The van der Waals surface area contributed by atoms with Gasteiger partial charge in [0.1, 0.15) is 5.92 Å². The molecule has 4 rings (SSSR count). The Morgan fingerprint density at radius 1 is 1.12 bits per heavy atom. The number of rotatable bonds is 5. The number of carbonyl (C=O) groups excluding carboxylic acids is 2. The van der Waals surface area contributed by atoms with Crippen LogP contribution in [0.25, 0.3) is 0 Å². The third-order valence-corrected chi connectivity index (χ3v) is 6.72. The molecule has 0 saturated carbocycles. The average Bonchev–Trinajstić information content (AvgIpc) is 2.77. The summed E-state index contributed by atoms with van der Waals surface area (Å²) in [6, 6.07) is 15.2. The topological polar surface area (TPSA) is 55.7 Å². The summed E-state index contributed by atoms with van der Waals surface area (Å²) < 4.78 is 5.50. The highest BCUT2D eigenvalue weighted by Crippen LogP contribution is 2.48. The van der Waals surface area contributed by atoms with Gasteiger partial charge >= 0.3 is 5.97 Å². The molecule has 1 heterocycles. The Kier molecular flexibility index (Phi) is 6.82. The molecule has 0 saturated heterocycles. The van der Waals surface area contributed by atoms with Crippen molar-refractivity contribution in [3.05, 3.63) is 81.0 Å². The van der Waals surface area contributed by atoms with Gasteiger partial charge in [-0.3, -0.25) is 14.6 Å². The van der Waals surface area contributed by atoms with Gasteiger partial charge < -0.3 is 4.74 Å². The van der Waals surface area contributed by atoms with Crippen LogP contribution in [0.15, 0.2) is 64.8 Å². The third kappa shape index (κ3) is 4.39. The molecule has 0 radical (unpaired) electrons. The maximum absolute atomic E-state index is 13.5. The molecule has 0 amide bonds. The van der Waals surface area contributed by atoms with Crippen LogP contribution < -0.4 is 0 Å². The molecule has 166 valence electrons. The minimum atomic E-state index is -0.698. The SMILES string of the molecule is CCCOC(=O)C1C(C)=NC2=C(C(=O)C[C@H](c3ccccc3)C2)[C@H]1c1ccc(Cl)cc1Cl. The molecule has 3 atom stereocenters. The minimum Gasteiger partial charge on any atom is -0.465 e. The zero-order chi connectivity index (χ0) is 22.8. The summed E-state index contributed by atoms with van der Waals surface area (Å²) in [5.41, 5.74) is 3.77. The number of halogens is 2. The Bertz CT molecular complexity index is 1110. The third-order valence-electron chi connectivity index (χ3n) is 6.16. The molecule has 2 aliphatic rings. The van der Waals surface area contributed by atoms with E-state index in [1.54, 1.807) is 18.2 Å². The van der Waals surface area contributed by atoms with Crippen LogP contribution in [0.4, 0.5) is 0 Å². The molecule has 0 N–H and O–H groups in total. The lowest BCUT2D eigenvalue weighted by molar-refractivity contribution is -0.146. The zero-order valence-electron chi connectivity index (χ0n) is 18.1. The van der Waals surface area contributed by atoms with Crippen LogP contribution in [0.3, 0.4) is 0 Å². The lowest BCUT2D eigenvalue weighted by Gasteiger charge is -2.36. The smallest absolute Gasteiger partial charge is 0.315 e. The first-order chi connectivity index (χ1) is 15.4. The highest BCUT2D eigenvalue weighted by molar-refractivity contribution is 6.35. The van der Waals surface area contributed by atoms with Crippen molar-refractivity contribution in [2.24, 2.45) is 10.9 Å². The van der Waals surface area contributed by atoms with Gasteiger partial charge in [-0.25, -0.2) is 0 Å². The number of ether oxygens (including phenoxy) is 1. The van der Waals surface area contributed by atoms with Crippen molar-refractivity contribution in [3.63, 3.8) is 0 Å². The fourth-order valence-electron chi connectivity index (χ4n) is 4.71. The van der Waals surface area contributed by atoms with E-state index in [4.69, 9.17) is 32.9 Å². The van der Waals surface area contributed by atoms with E-state index in [9.17, 15) is 9.59 Å². The average molecular weight is 470 g/mol. The van der Waals surface area contributed by atoms with Crippen molar-refractivity contribution in [3.8, 4) is 0 Å². The number of carbonyl (C=O) groups is 2. The second-order valence-electron chi connectivity index (χ2n) is 8.34. The number of benzene rings is 2. The van der Waals surface area contributed by atoms with Gasteiger partial charge in [-0.05, 0) is 48.9 Å². The number of allylic oxidation sites excluding steroid dienone is 2. The monoisotopic (exact) mass is 469 g/mol. The number of Topliss-reactive ketones (excluding diaryl/α,β-unsaturated/α-hetero) is 1. The van der Waals surface area contributed by atoms with Crippen molar-refractivity contribution in [2.75, 3.05) is 6.61 Å². The molecule has 1 unspecified atom stereocenters. The molecule has 2 aromatic rings. The summed E-state index contributed by atoms with van der Waals surface area (Å²) in [6.07, 6.45) is 1.73. The van der Waals surface area contributed by atoms with Crippen molar-refractivity contribution in [2.45, 2.75) is 44.9 Å². The lowest BCUT2D eigenvalue weighted by Crippen LogP contribution is -2.38. The maximum Gasteiger partial charge on any atom is 0.315 e. The molecule has 0 bridgehead atoms. The fourth-order valence-corrected chi connectivity index (χ4v) is 5.23. The van der Waals surface area contributed by atoms with Crippen LogP contribution in [0.5, 0.6) is 0 Å². The van der Waals surface area contributed by atoms with Gasteiger partial charge in [0, 0.05) is 39.4 Å². The quantitative estimate of drug-likeness (QED) is 0.468. The molecule has 0 aromatic heterocycles. The molecular formula is C26H25Cl2NO3. The van der Waals surface area contributed by atoms with Gasteiger partial charge in [0.05, 0.1) is 6.61 Å². The van der Waals surface area contributed by atoms with Gasteiger partial charge in [-0.1, -0.05) is 66.5 Å². The lowest BCUT2D eigenvalue weighted by atomic mass is 9.69. The van der Waals surface area contributed by atoms with Crippen LogP contribution in [-0.2, 0) is 14.3 Å². The first kappa shape index (κ1) is 22.8. The van der Waals surface area contributed by atoms with E-state index < -0.39 is 11.8 Å². The molecule has 0 spiro atoms. The molecule has 1 aliphatic carbocycles. The number of ketones is 1. The minimum absolute atomic E-state index is 0.000612. The van der Waals surface area contributed by atoms with E-state index in [1.807, 2.05) is 44.2 Å². The number of hydrogen-bond acceptors (Lipinski definition) is 4. The predicted octanol–water partition coefficient (Wildman–Crippen LogP) is 6.52. The summed E-state index contributed by atoms with van der Waals surface area (Å²) >= 11 is 12.7. The maximum atomic E-state index is 13.5. The predicted molar refractivity (Wildman–Crippen MR) is 128 cm³/mol. The van der Waals surface area contributed by atoms with E-state index in [0.29, 0.717) is 52.8 Å². The standard InChI is InChI=1S/C26H25Cl2NO3/c1-3-11-32-26(31)23-15(2)29-21-12-17(16-7-5-4-6-8-16)13-22(30)25(21)24(23)19-10-9-18(27)14-20(19)28/h4-10,14,17,23-24H,3,11-13H2,1-2H3/t17-,23?,24+/m1/s1. The second kappa shape index (κ2) is 9.60. The van der Waals surface area contributed by atoms with Crippen LogP contribution >= 0.6 is 23.2 Å². The van der Waals surface area contributed by atoms with Crippen molar-refractivity contribution < 1.29 is 14.3 Å². The van der Waals surface area contributed by atoms with Crippen LogP contribution in [-0.4, -0.2) is 24.1 Å². The zero-order valence-corrected chi connectivity index (χ0v) is 19.6. The summed E-state index contributed by atoms with van der Waals surface area (Å²) in [5.74, 6) is -1.56. The van der Waals surface area contributed by atoms with Crippen molar-refractivity contribution in [1.29, 1.82) is 0 Å². The van der Waals surface area contributed by atoms with Crippen LogP contribution in [0.1, 0.15) is 56.1 Å². The van der Waals surface area contributed by atoms with E-state index in [1.165, 1.54) is 0 Å². The summed E-state index contributed by atoms with van der Waals surface area (Å²) in [6.45, 7) is 4.09. The summed E-state index contributed by atoms with van der Waals surface area (Å²) in [5, 5.41) is 0.925. The number of hydrogen-bond donors (Lipinski definition) is 0. The van der Waals surface area contributed by atoms with E-state index >= 15 is 0 Å². The van der Waals surface area contributed by atoms with Gasteiger partial charge in [0.25, 0.3) is 0 Å². The van der Waals surface area contributed by atoms with Crippen molar-refractivity contribution >= 4 is 40.7 Å². The van der Waals surface area contributed by atoms with Gasteiger partial charge in [-0.15, -0.1) is 0 Å². The molecule has 32 heavy (non-hydrogen) atoms. The van der Waals surface area contributed by atoms with Gasteiger partial charge in [0.2, 0.25) is 0 Å². The fraction of sp³-hybridized carbons (Fsp3) is 0.346. The second-order valence-corrected chi connectivity index (χ2v) is 9.18. The summed E-state index contributed by atoms with van der Waals surface area (Å²) in [7, 11) is 0. The molecule has 4 nitrogen and oxygen atoms in total. The molecule has 6 heteroatoms. The largest absolute Gasteiger partial charge is 0.465 e. The van der Waals surface area contributed by atoms with Crippen LogP contribution in [0, 0.1) is 5.92 Å². The Morgan fingerprint density at radius 3 is 2.56 bits per heavy atom. The number of aliphatic imine (C=N–C) groups is 1. The molecule has 2 aromatic carbocycles. The molecule has 1 aliphatic heterocycles. The Morgan fingerprint density at radius 2 is 1.88 bits per heavy atom. The number of nitrogens with zero attached hydrogens (tertiary/aromatic N) is 1. The summed E-state index contributed by atoms with van der Waals surface area (Å²) in [4.78, 5) is 31.4. The van der Waals surface area contributed by atoms with Gasteiger partial charge in [-0.2, -0.15) is 0 Å². The normalized spacial score (nSPS) is 22.9. The first-order valence-electron chi connectivity index (χ1n) is 10.9. The number of esters is 1. The van der Waals surface area contributed by atoms with Gasteiger partial charge in [0.15, 0.2) is 5.78 Å². The van der Waals surface area contributed by atoms with E-state index in [2.05, 4.69) is 0 Å². The van der Waals surface area contributed by atoms with E-state index in [-0.39, 0.29) is 17.7 Å². The first-order valence-corrected chi connectivity index (χ1v) is 11.6. The highest BCUT2D eigenvalue weighted by atomic mass is 35.5. The Hall–Kier alpha value is -2.43. The molecular weight excluding hydrogens is 445 g/mol.